The summed E-state index contributed by atoms with van der Waals surface area (Å²) in [5, 5.41) is 2.78. The molecule has 0 radical (unpaired) electrons. The van der Waals surface area contributed by atoms with Crippen LogP contribution in [0.4, 0.5) is 0 Å². The van der Waals surface area contributed by atoms with Gasteiger partial charge in [-0.1, -0.05) is 28.1 Å². The predicted octanol–water partition coefficient (Wildman–Crippen LogP) is 3.28. The molecule has 86 valence electrons. The molecule has 0 aromatic heterocycles. The Bertz CT molecular complexity index is 404. The van der Waals surface area contributed by atoms with Crippen LogP contribution < -0.4 is 5.32 Å². The van der Waals surface area contributed by atoms with Crippen molar-refractivity contribution >= 4 is 33.4 Å². The van der Waals surface area contributed by atoms with Crippen molar-refractivity contribution in [3.05, 3.63) is 46.0 Å². The molecule has 0 saturated heterocycles. The summed E-state index contributed by atoms with van der Waals surface area (Å²) in [6.07, 6.45) is 3.63. The molecule has 0 saturated carbocycles. The number of aryl methyl sites for hydroxylation is 1. The highest BCUT2D eigenvalue weighted by Gasteiger charge is 2.05. The molecule has 1 rings (SSSR count). The maximum absolute atomic E-state index is 11.7. The zero-order valence-electron chi connectivity index (χ0n) is 8.97. The van der Waals surface area contributed by atoms with Gasteiger partial charge in [0.2, 0.25) is 0 Å². The number of amides is 1. The molecule has 0 spiro atoms. The van der Waals surface area contributed by atoms with Gasteiger partial charge < -0.3 is 5.32 Å². The third-order valence-electron chi connectivity index (χ3n) is 2.06. The fraction of sp³-hybridized carbons (Fsp3) is 0.250. The van der Waals surface area contributed by atoms with E-state index in [2.05, 4.69) is 21.2 Å². The van der Waals surface area contributed by atoms with Gasteiger partial charge in [-0.05, 0) is 30.7 Å². The monoisotopic (exact) mass is 301 g/mol. The molecule has 0 atom stereocenters. The van der Waals surface area contributed by atoms with Crippen molar-refractivity contribution in [2.75, 3.05) is 12.4 Å². The van der Waals surface area contributed by atoms with E-state index in [-0.39, 0.29) is 5.91 Å². The summed E-state index contributed by atoms with van der Waals surface area (Å²) in [6.45, 7) is 2.45. The average Bonchev–Trinajstić information content (AvgIpc) is 2.28. The van der Waals surface area contributed by atoms with Crippen molar-refractivity contribution < 1.29 is 4.79 Å². The summed E-state index contributed by atoms with van der Waals surface area (Å²) in [4.78, 5) is 11.7. The van der Waals surface area contributed by atoms with E-state index in [9.17, 15) is 4.79 Å². The SMILES string of the molecule is Cc1cc(C(=O)NC/C=C/CCl)ccc1Br. The molecule has 1 aromatic rings. The number of benzene rings is 1. The Balaban J connectivity index is 2.59. The van der Waals surface area contributed by atoms with E-state index in [0.717, 1.165) is 10.0 Å². The van der Waals surface area contributed by atoms with Gasteiger partial charge in [-0.25, -0.2) is 0 Å². The maximum atomic E-state index is 11.7. The lowest BCUT2D eigenvalue weighted by atomic mass is 10.1. The van der Waals surface area contributed by atoms with Gasteiger partial charge in [-0.3, -0.25) is 4.79 Å². The quantitative estimate of drug-likeness (QED) is 0.671. The normalized spacial score (nSPS) is 10.7. The highest BCUT2D eigenvalue weighted by Crippen LogP contribution is 2.16. The number of rotatable bonds is 4. The first-order valence-corrected chi connectivity index (χ1v) is 6.23. The highest BCUT2D eigenvalue weighted by atomic mass is 79.9. The van der Waals surface area contributed by atoms with E-state index in [0.29, 0.717) is 18.0 Å². The van der Waals surface area contributed by atoms with E-state index in [4.69, 9.17) is 11.6 Å². The van der Waals surface area contributed by atoms with Crippen LogP contribution in [0.15, 0.2) is 34.8 Å². The van der Waals surface area contributed by atoms with Crippen molar-refractivity contribution in [3.63, 3.8) is 0 Å². The molecular weight excluding hydrogens is 289 g/mol. The number of carbonyl (C=O) groups excluding carboxylic acids is 1. The highest BCUT2D eigenvalue weighted by molar-refractivity contribution is 9.10. The Kier molecular flexibility index (Phi) is 5.56. The third kappa shape index (κ3) is 3.99. The second kappa shape index (κ2) is 6.71. The van der Waals surface area contributed by atoms with Gasteiger partial charge >= 0.3 is 0 Å². The van der Waals surface area contributed by atoms with E-state index in [1.165, 1.54) is 0 Å². The van der Waals surface area contributed by atoms with E-state index in [1.54, 1.807) is 12.1 Å². The molecule has 16 heavy (non-hydrogen) atoms. The van der Waals surface area contributed by atoms with E-state index >= 15 is 0 Å². The molecule has 1 amide bonds. The number of halogens is 2. The van der Waals surface area contributed by atoms with Crippen LogP contribution in [0.25, 0.3) is 0 Å². The second-order valence-corrected chi connectivity index (χ2v) is 4.46. The summed E-state index contributed by atoms with van der Waals surface area (Å²) in [7, 11) is 0. The van der Waals surface area contributed by atoms with Gasteiger partial charge in [-0.15, -0.1) is 11.6 Å². The largest absolute Gasteiger partial charge is 0.349 e. The molecular formula is C12H13BrClNO. The molecule has 2 nitrogen and oxygen atoms in total. The number of allylic oxidation sites excluding steroid dienone is 1. The molecule has 0 unspecified atom stereocenters. The lowest BCUT2D eigenvalue weighted by molar-refractivity contribution is 0.0958. The van der Waals surface area contributed by atoms with Crippen LogP contribution in [0, 0.1) is 6.92 Å². The fourth-order valence-electron chi connectivity index (χ4n) is 1.19. The van der Waals surface area contributed by atoms with Crippen molar-refractivity contribution in [1.82, 2.24) is 5.32 Å². The van der Waals surface area contributed by atoms with Crippen LogP contribution in [0.1, 0.15) is 15.9 Å². The van der Waals surface area contributed by atoms with Crippen LogP contribution in [-0.4, -0.2) is 18.3 Å². The number of nitrogens with one attached hydrogen (secondary N) is 1. The Morgan fingerprint density at radius 2 is 2.25 bits per heavy atom. The molecule has 1 N–H and O–H groups in total. The zero-order chi connectivity index (χ0) is 12.0. The number of alkyl halides is 1. The minimum Gasteiger partial charge on any atom is -0.349 e. The van der Waals surface area contributed by atoms with Crippen LogP contribution in [-0.2, 0) is 0 Å². The van der Waals surface area contributed by atoms with Crippen molar-refractivity contribution in [1.29, 1.82) is 0 Å². The van der Waals surface area contributed by atoms with Crippen LogP contribution in [0.2, 0.25) is 0 Å². The smallest absolute Gasteiger partial charge is 0.251 e. The standard InChI is InChI=1S/C12H13BrClNO/c1-9-8-10(4-5-11(9)13)12(16)15-7-3-2-6-14/h2-5,8H,6-7H2,1H3,(H,15,16)/b3-2+. The van der Waals surface area contributed by atoms with Gasteiger partial charge in [0.05, 0.1) is 0 Å². The van der Waals surface area contributed by atoms with Crippen molar-refractivity contribution in [2.45, 2.75) is 6.92 Å². The summed E-state index contributed by atoms with van der Waals surface area (Å²) < 4.78 is 1.01. The topological polar surface area (TPSA) is 29.1 Å². The molecule has 1 aromatic carbocycles. The summed E-state index contributed by atoms with van der Waals surface area (Å²) in [5.41, 5.74) is 1.71. The molecule has 4 heteroatoms. The molecule has 0 aliphatic carbocycles. The van der Waals surface area contributed by atoms with Crippen molar-refractivity contribution in [3.8, 4) is 0 Å². The minimum atomic E-state index is -0.0742. The Morgan fingerprint density at radius 3 is 2.88 bits per heavy atom. The number of carbonyl (C=O) groups is 1. The summed E-state index contributed by atoms with van der Waals surface area (Å²) >= 11 is 8.86. The molecule has 0 aliphatic rings. The zero-order valence-corrected chi connectivity index (χ0v) is 11.3. The molecule has 0 heterocycles. The predicted molar refractivity (Wildman–Crippen MR) is 71.1 cm³/mol. The van der Waals surface area contributed by atoms with E-state index in [1.807, 2.05) is 25.1 Å². The first kappa shape index (κ1) is 13.3. The first-order chi connectivity index (χ1) is 7.65. The third-order valence-corrected chi connectivity index (χ3v) is 3.12. The van der Waals surface area contributed by atoms with Gasteiger partial charge in [0.1, 0.15) is 0 Å². The van der Waals surface area contributed by atoms with Crippen molar-refractivity contribution in [2.24, 2.45) is 0 Å². The lowest BCUT2D eigenvalue weighted by Crippen LogP contribution is -2.23. The first-order valence-electron chi connectivity index (χ1n) is 4.90. The number of hydrogen-bond donors (Lipinski definition) is 1. The van der Waals surface area contributed by atoms with Gasteiger partial charge in [0.25, 0.3) is 5.91 Å². The fourth-order valence-corrected chi connectivity index (χ4v) is 1.56. The van der Waals surface area contributed by atoms with Gasteiger partial charge in [-0.2, -0.15) is 0 Å². The second-order valence-electron chi connectivity index (χ2n) is 3.30. The molecule has 0 aliphatic heterocycles. The van der Waals surface area contributed by atoms with Gasteiger partial charge in [0, 0.05) is 22.5 Å². The lowest BCUT2D eigenvalue weighted by Gasteiger charge is -2.04. The Hall–Kier alpha value is -0.800. The van der Waals surface area contributed by atoms with Crippen LogP contribution in [0.3, 0.4) is 0 Å². The minimum absolute atomic E-state index is 0.0742. The van der Waals surface area contributed by atoms with Crippen LogP contribution >= 0.6 is 27.5 Å². The summed E-state index contributed by atoms with van der Waals surface area (Å²) in [5.74, 6) is 0.391. The maximum Gasteiger partial charge on any atom is 0.251 e. The van der Waals surface area contributed by atoms with Crippen LogP contribution in [0.5, 0.6) is 0 Å². The molecule has 0 fully saturated rings. The van der Waals surface area contributed by atoms with E-state index < -0.39 is 0 Å². The average molecular weight is 303 g/mol. The Labute approximate surface area is 109 Å². The Morgan fingerprint density at radius 1 is 1.50 bits per heavy atom. The number of hydrogen-bond acceptors (Lipinski definition) is 1. The molecule has 0 bridgehead atoms. The van der Waals surface area contributed by atoms with Gasteiger partial charge in [0.15, 0.2) is 0 Å². The summed E-state index contributed by atoms with van der Waals surface area (Å²) in [6, 6.07) is 5.52.